The van der Waals surface area contributed by atoms with Crippen LogP contribution in [-0.4, -0.2) is 29.0 Å². The summed E-state index contributed by atoms with van der Waals surface area (Å²) in [5.41, 5.74) is 7.01. The molecule has 0 radical (unpaired) electrons. The van der Waals surface area contributed by atoms with Crippen molar-refractivity contribution < 1.29 is 0 Å². The lowest BCUT2D eigenvalue weighted by atomic mass is 10.1. The monoisotopic (exact) mass is 289 g/mol. The molecule has 2 atom stereocenters. The first-order chi connectivity index (χ1) is 8.22. The fourth-order valence-corrected chi connectivity index (χ4v) is 3.43. The SMILES string of the molecule is CCCc1csc(CN2CC(CN)CC2C)n1.Cl. The maximum Gasteiger partial charge on any atom is 0.107 e. The van der Waals surface area contributed by atoms with Crippen molar-refractivity contribution in [3.05, 3.63) is 16.1 Å². The van der Waals surface area contributed by atoms with Crippen molar-refractivity contribution >= 4 is 23.7 Å². The fourth-order valence-electron chi connectivity index (χ4n) is 2.57. The van der Waals surface area contributed by atoms with Crippen LogP contribution in [0, 0.1) is 5.92 Å². The average molecular weight is 290 g/mol. The van der Waals surface area contributed by atoms with Crippen LogP contribution in [-0.2, 0) is 13.0 Å². The first kappa shape index (κ1) is 15.9. The molecule has 1 aromatic heterocycles. The van der Waals surface area contributed by atoms with Gasteiger partial charge in [-0.05, 0) is 32.2 Å². The van der Waals surface area contributed by atoms with Gasteiger partial charge in [-0.3, -0.25) is 4.90 Å². The molecule has 1 aromatic rings. The van der Waals surface area contributed by atoms with E-state index >= 15 is 0 Å². The summed E-state index contributed by atoms with van der Waals surface area (Å²) in [5, 5.41) is 3.47. The highest BCUT2D eigenvalue weighted by atomic mass is 35.5. The van der Waals surface area contributed by atoms with Gasteiger partial charge in [-0.15, -0.1) is 23.7 Å². The Bertz CT molecular complexity index is 356. The molecule has 2 heterocycles. The number of thiazole rings is 1. The van der Waals surface area contributed by atoms with E-state index in [2.05, 4.69) is 24.1 Å². The normalized spacial score (nSPS) is 24.2. The Labute approximate surface area is 120 Å². The Balaban J connectivity index is 0.00000162. The molecule has 1 aliphatic rings. The standard InChI is InChI=1S/C13H23N3S.ClH/c1-3-4-12-9-17-13(15-12)8-16-7-11(6-14)5-10(16)2;/h9-11H,3-8,14H2,1-2H3;1H. The van der Waals surface area contributed by atoms with Gasteiger partial charge < -0.3 is 5.73 Å². The number of aryl methyl sites for hydroxylation is 1. The number of hydrogen-bond donors (Lipinski definition) is 1. The molecule has 104 valence electrons. The second kappa shape index (κ2) is 7.43. The zero-order valence-electron chi connectivity index (χ0n) is 11.3. The van der Waals surface area contributed by atoms with Crippen molar-refractivity contribution in [2.45, 2.75) is 45.7 Å². The van der Waals surface area contributed by atoms with Crippen molar-refractivity contribution in [2.24, 2.45) is 11.7 Å². The van der Waals surface area contributed by atoms with Gasteiger partial charge in [0, 0.05) is 18.0 Å². The van der Waals surface area contributed by atoms with Crippen molar-refractivity contribution in [3.8, 4) is 0 Å². The van der Waals surface area contributed by atoms with E-state index in [1.807, 2.05) is 0 Å². The van der Waals surface area contributed by atoms with Gasteiger partial charge in [0.25, 0.3) is 0 Å². The van der Waals surface area contributed by atoms with Crippen LogP contribution in [0.2, 0.25) is 0 Å². The van der Waals surface area contributed by atoms with E-state index in [-0.39, 0.29) is 12.4 Å². The molecule has 0 spiro atoms. The molecular weight excluding hydrogens is 266 g/mol. The summed E-state index contributed by atoms with van der Waals surface area (Å²) in [5.74, 6) is 0.681. The molecule has 1 saturated heterocycles. The summed E-state index contributed by atoms with van der Waals surface area (Å²) in [4.78, 5) is 7.21. The van der Waals surface area contributed by atoms with Crippen molar-refractivity contribution in [1.82, 2.24) is 9.88 Å². The van der Waals surface area contributed by atoms with Crippen LogP contribution >= 0.6 is 23.7 Å². The number of nitrogens with zero attached hydrogens (tertiary/aromatic N) is 2. The lowest BCUT2D eigenvalue weighted by Crippen LogP contribution is -2.27. The van der Waals surface area contributed by atoms with Gasteiger partial charge in [0.15, 0.2) is 0 Å². The maximum absolute atomic E-state index is 5.76. The largest absolute Gasteiger partial charge is 0.330 e. The summed E-state index contributed by atoms with van der Waals surface area (Å²) < 4.78 is 0. The van der Waals surface area contributed by atoms with E-state index in [1.54, 1.807) is 11.3 Å². The van der Waals surface area contributed by atoms with Crippen molar-refractivity contribution in [3.63, 3.8) is 0 Å². The molecule has 0 bridgehead atoms. The van der Waals surface area contributed by atoms with Crippen LogP contribution in [0.15, 0.2) is 5.38 Å². The molecule has 2 rings (SSSR count). The summed E-state index contributed by atoms with van der Waals surface area (Å²) in [7, 11) is 0. The van der Waals surface area contributed by atoms with Crippen LogP contribution in [0.3, 0.4) is 0 Å². The molecule has 2 N–H and O–H groups in total. The number of nitrogens with two attached hydrogens (primary N) is 1. The third-order valence-electron chi connectivity index (χ3n) is 3.57. The van der Waals surface area contributed by atoms with Crippen LogP contribution in [0.5, 0.6) is 0 Å². The topological polar surface area (TPSA) is 42.1 Å². The summed E-state index contributed by atoms with van der Waals surface area (Å²) in [6.45, 7) is 7.47. The van der Waals surface area contributed by atoms with Gasteiger partial charge in [-0.2, -0.15) is 0 Å². The zero-order valence-corrected chi connectivity index (χ0v) is 12.9. The lowest BCUT2D eigenvalue weighted by molar-refractivity contribution is 0.255. The Morgan fingerprint density at radius 2 is 2.33 bits per heavy atom. The maximum atomic E-state index is 5.76. The summed E-state index contributed by atoms with van der Waals surface area (Å²) >= 11 is 1.80. The highest BCUT2D eigenvalue weighted by molar-refractivity contribution is 7.09. The Hall–Kier alpha value is -0.160. The first-order valence-corrected chi connectivity index (χ1v) is 7.48. The van der Waals surface area contributed by atoms with Crippen LogP contribution < -0.4 is 5.73 Å². The van der Waals surface area contributed by atoms with Gasteiger partial charge in [0.05, 0.1) is 12.2 Å². The van der Waals surface area contributed by atoms with Crippen LogP contribution in [0.1, 0.15) is 37.4 Å². The number of hydrogen-bond acceptors (Lipinski definition) is 4. The second-order valence-corrected chi connectivity index (χ2v) is 6.04. The van der Waals surface area contributed by atoms with E-state index in [0.717, 1.165) is 26.1 Å². The van der Waals surface area contributed by atoms with E-state index in [0.29, 0.717) is 12.0 Å². The Kier molecular flexibility index (Phi) is 6.57. The molecule has 5 heteroatoms. The fraction of sp³-hybridized carbons (Fsp3) is 0.769. The number of rotatable bonds is 5. The molecule has 0 amide bonds. The minimum atomic E-state index is 0. The second-order valence-electron chi connectivity index (χ2n) is 5.10. The van der Waals surface area contributed by atoms with Crippen molar-refractivity contribution in [1.29, 1.82) is 0 Å². The van der Waals surface area contributed by atoms with E-state index < -0.39 is 0 Å². The van der Waals surface area contributed by atoms with Crippen LogP contribution in [0.25, 0.3) is 0 Å². The first-order valence-electron chi connectivity index (χ1n) is 6.60. The molecule has 3 nitrogen and oxygen atoms in total. The van der Waals surface area contributed by atoms with Gasteiger partial charge in [-0.25, -0.2) is 4.98 Å². The molecule has 0 aliphatic carbocycles. The van der Waals surface area contributed by atoms with E-state index in [9.17, 15) is 0 Å². The predicted molar refractivity (Wildman–Crippen MR) is 80.4 cm³/mol. The van der Waals surface area contributed by atoms with E-state index in [4.69, 9.17) is 10.7 Å². The number of likely N-dealkylation sites (tertiary alicyclic amines) is 1. The summed E-state index contributed by atoms with van der Waals surface area (Å²) in [6.07, 6.45) is 3.53. The van der Waals surface area contributed by atoms with Gasteiger partial charge >= 0.3 is 0 Å². The molecule has 2 unspecified atom stereocenters. The summed E-state index contributed by atoms with van der Waals surface area (Å²) in [6, 6.07) is 0.655. The molecule has 18 heavy (non-hydrogen) atoms. The lowest BCUT2D eigenvalue weighted by Gasteiger charge is -2.19. The molecule has 0 saturated carbocycles. The molecular formula is C13H24ClN3S. The number of halogens is 1. The minimum absolute atomic E-state index is 0. The Morgan fingerprint density at radius 1 is 1.56 bits per heavy atom. The van der Waals surface area contributed by atoms with Gasteiger partial charge in [0.2, 0.25) is 0 Å². The van der Waals surface area contributed by atoms with Gasteiger partial charge in [0.1, 0.15) is 5.01 Å². The smallest absolute Gasteiger partial charge is 0.107 e. The van der Waals surface area contributed by atoms with Gasteiger partial charge in [-0.1, -0.05) is 13.3 Å². The van der Waals surface area contributed by atoms with Crippen LogP contribution in [0.4, 0.5) is 0 Å². The van der Waals surface area contributed by atoms with Crippen molar-refractivity contribution in [2.75, 3.05) is 13.1 Å². The third-order valence-corrected chi connectivity index (χ3v) is 4.45. The molecule has 1 aliphatic heterocycles. The molecule has 0 aromatic carbocycles. The highest BCUT2D eigenvalue weighted by Gasteiger charge is 2.28. The van der Waals surface area contributed by atoms with E-state index in [1.165, 1.54) is 23.5 Å². The Morgan fingerprint density at radius 3 is 2.94 bits per heavy atom. The third kappa shape index (κ3) is 3.92. The minimum Gasteiger partial charge on any atom is -0.330 e. The molecule has 1 fully saturated rings. The quantitative estimate of drug-likeness (QED) is 0.906. The highest BCUT2D eigenvalue weighted by Crippen LogP contribution is 2.25. The predicted octanol–water partition coefficient (Wildman–Crippen LogP) is 2.69. The average Bonchev–Trinajstić information content (AvgIpc) is 2.88. The zero-order chi connectivity index (χ0) is 12.3. The number of aromatic nitrogens is 1.